The molecule has 0 atom stereocenters. The van der Waals surface area contributed by atoms with Gasteiger partial charge >= 0.3 is 0 Å². The molecule has 0 radical (unpaired) electrons. The summed E-state index contributed by atoms with van der Waals surface area (Å²) in [5.41, 5.74) is 1.72. The summed E-state index contributed by atoms with van der Waals surface area (Å²) in [7, 11) is 0. The second kappa shape index (κ2) is 11.5. The van der Waals surface area contributed by atoms with E-state index in [0.29, 0.717) is 35.7 Å². The zero-order chi connectivity index (χ0) is 26.5. The minimum atomic E-state index is -0.552. The van der Waals surface area contributed by atoms with Gasteiger partial charge in [0.15, 0.2) is 0 Å². The maximum Gasteiger partial charge on any atom is 0.253 e. The number of carbonyl (C=O) groups excluding carboxylic acids is 2. The number of rotatable bonds is 7. The monoisotopic (exact) mass is 532 g/mol. The van der Waals surface area contributed by atoms with Gasteiger partial charge in [0.05, 0.1) is 29.4 Å². The number of nitrogens with zero attached hydrogens (tertiary/aromatic N) is 3. The van der Waals surface area contributed by atoms with Gasteiger partial charge in [-0.25, -0.2) is 4.39 Å². The van der Waals surface area contributed by atoms with Crippen LogP contribution in [0.3, 0.4) is 0 Å². The number of piperidine rings is 1. The molecule has 0 saturated carbocycles. The van der Waals surface area contributed by atoms with Crippen LogP contribution in [0.15, 0.2) is 85.2 Å². The molecule has 1 aliphatic rings. The van der Waals surface area contributed by atoms with Gasteiger partial charge < -0.3 is 15.0 Å². The number of aromatic nitrogens is 2. The van der Waals surface area contributed by atoms with Crippen molar-refractivity contribution in [1.29, 1.82) is 0 Å². The van der Waals surface area contributed by atoms with Gasteiger partial charge in [-0.3, -0.25) is 14.3 Å². The molecule has 9 heteroatoms. The Bertz CT molecular complexity index is 1420. The number of ether oxygens (including phenoxy) is 1. The maximum absolute atomic E-state index is 13.6. The molecule has 0 bridgehead atoms. The number of likely N-dealkylation sites (tertiary alicyclic amines) is 1. The number of carbonyl (C=O) groups is 2. The van der Waals surface area contributed by atoms with E-state index in [1.807, 2.05) is 39.9 Å². The quantitative estimate of drug-likeness (QED) is 0.311. The SMILES string of the molecule is O=C(Cc1ccc(Cl)c(F)c1)Nc1cnn(C2CCN(C(=O)c3ccc(Oc4ccccc4)cc3)CC2)c1. The molecule has 1 aromatic heterocycles. The third kappa shape index (κ3) is 6.20. The number of halogens is 2. The van der Waals surface area contributed by atoms with Gasteiger partial charge in [0, 0.05) is 24.8 Å². The van der Waals surface area contributed by atoms with Crippen molar-refractivity contribution >= 4 is 29.1 Å². The van der Waals surface area contributed by atoms with Crippen LogP contribution >= 0.6 is 11.6 Å². The Hall–Kier alpha value is -4.17. The first kappa shape index (κ1) is 25.5. The van der Waals surface area contributed by atoms with Crippen LogP contribution in [0.1, 0.15) is 34.8 Å². The van der Waals surface area contributed by atoms with Gasteiger partial charge in [0.2, 0.25) is 5.91 Å². The first-order valence-electron chi connectivity index (χ1n) is 12.3. The third-order valence-electron chi connectivity index (χ3n) is 6.44. The second-order valence-electron chi connectivity index (χ2n) is 9.15. The summed E-state index contributed by atoms with van der Waals surface area (Å²) in [6.45, 7) is 1.21. The normalized spacial score (nSPS) is 13.8. The van der Waals surface area contributed by atoms with Crippen molar-refractivity contribution in [3.05, 3.63) is 107 Å². The lowest BCUT2D eigenvalue weighted by molar-refractivity contribution is -0.115. The maximum atomic E-state index is 13.6. The van der Waals surface area contributed by atoms with E-state index in [4.69, 9.17) is 16.3 Å². The lowest BCUT2D eigenvalue weighted by Gasteiger charge is -2.32. The molecular weight excluding hydrogens is 507 g/mol. The van der Waals surface area contributed by atoms with Crippen LogP contribution in [0.2, 0.25) is 5.02 Å². The van der Waals surface area contributed by atoms with Crippen LogP contribution in [0.25, 0.3) is 0 Å². The Morgan fingerprint density at radius 3 is 2.42 bits per heavy atom. The molecule has 0 unspecified atom stereocenters. The lowest BCUT2D eigenvalue weighted by Crippen LogP contribution is -2.39. The van der Waals surface area contributed by atoms with Crippen LogP contribution in [-0.2, 0) is 11.2 Å². The van der Waals surface area contributed by atoms with Crippen molar-refractivity contribution in [1.82, 2.24) is 14.7 Å². The number of hydrogen-bond acceptors (Lipinski definition) is 4. The molecule has 1 N–H and O–H groups in total. The number of hydrogen-bond donors (Lipinski definition) is 1. The molecule has 1 fully saturated rings. The number of amides is 2. The first-order valence-corrected chi connectivity index (χ1v) is 12.7. The largest absolute Gasteiger partial charge is 0.457 e. The van der Waals surface area contributed by atoms with Crippen molar-refractivity contribution in [2.24, 2.45) is 0 Å². The smallest absolute Gasteiger partial charge is 0.253 e. The molecule has 3 aromatic carbocycles. The van der Waals surface area contributed by atoms with Gasteiger partial charge in [0.1, 0.15) is 17.3 Å². The van der Waals surface area contributed by atoms with Gasteiger partial charge in [0.25, 0.3) is 5.91 Å². The molecule has 1 aliphatic heterocycles. The van der Waals surface area contributed by atoms with E-state index >= 15 is 0 Å². The average Bonchev–Trinajstić information content (AvgIpc) is 3.40. The standard InChI is InChI=1S/C29H26ClFN4O3/c30-26-11-6-20(16-27(26)31)17-28(36)33-22-18-32-35(19-22)23-12-14-34(15-13-23)29(37)21-7-9-25(10-8-21)38-24-4-2-1-3-5-24/h1-11,16,18-19,23H,12-15,17H2,(H,33,36). The highest BCUT2D eigenvalue weighted by molar-refractivity contribution is 6.30. The molecule has 2 heterocycles. The van der Waals surface area contributed by atoms with Crippen molar-refractivity contribution in [2.45, 2.75) is 25.3 Å². The number of nitrogens with one attached hydrogen (secondary N) is 1. The molecule has 38 heavy (non-hydrogen) atoms. The van der Waals surface area contributed by atoms with Crippen LogP contribution in [-0.4, -0.2) is 39.6 Å². The average molecular weight is 533 g/mol. The van der Waals surface area contributed by atoms with E-state index in [1.165, 1.54) is 12.1 Å². The summed E-state index contributed by atoms with van der Waals surface area (Å²) in [5, 5.41) is 7.23. The molecule has 4 aromatic rings. The van der Waals surface area contributed by atoms with Gasteiger partial charge in [-0.15, -0.1) is 0 Å². The highest BCUT2D eigenvalue weighted by Gasteiger charge is 2.25. The number of benzene rings is 3. The Morgan fingerprint density at radius 2 is 1.71 bits per heavy atom. The minimum absolute atomic E-state index is 0.0123. The van der Waals surface area contributed by atoms with Gasteiger partial charge in [-0.1, -0.05) is 35.9 Å². The zero-order valence-corrected chi connectivity index (χ0v) is 21.3. The summed E-state index contributed by atoms with van der Waals surface area (Å²) >= 11 is 5.70. The minimum Gasteiger partial charge on any atom is -0.457 e. The molecular formula is C29H26ClFN4O3. The summed E-state index contributed by atoms with van der Waals surface area (Å²) in [6, 6.07) is 21.1. The number of para-hydroxylation sites is 1. The van der Waals surface area contributed by atoms with E-state index in [9.17, 15) is 14.0 Å². The Kier molecular flexibility index (Phi) is 7.70. The fourth-order valence-electron chi connectivity index (χ4n) is 4.45. The van der Waals surface area contributed by atoms with E-state index in [0.717, 1.165) is 18.6 Å². The summed E-state index contributed by atoms with van der Waals surface area (Å²) < 4.78 is 21.3. The Morgan fingerprint density at radius 1 is 1.00 bits per heavy atom. The van der Waals surface area contributed by atoms with E-state index in [2.05, 4.69) is 10.4 Å². The number of anilines is 1. The fraction of sp³-hybridized carbons (Fsp3) is 0.207. The predicted octanol–water partition coefficient (Wildman–Crippen LogP) is 6.13. The first-order chi connectivity index (χ1) is 18.4. The molecule has 0 aliphatic carbocycles. The topological polar surface area (TPSA) is 76.5 Å². The highest BCUT2D eigenvalue weighted by Crippen LogP contribution is 2.26. The predicted molar refractivity (Wildman–Crippen MR) is 143 cm³/mol. The molecule has 1 saturated heterocycles. The van der Waals surface area contributed by atoms with Crippen molar-refractivity contribution in [3.63, 3.8) is 0 Å². The molecule has 194 valence electrons. The van der Waals surface area contributed by atoms with E-state index in [-0.39, 0.29) is 29.3 Å². The van der Waals surface area contributed by atoms with Crippen molar-refractivity contribution in [3.8, 4) is 11.5 Å². The van der Waals surface area contributed by atoms with E-state index in [1.54, 1.807) is 42.7 Å². The van der Waals surface area contributed by atoms with Crippen LogP contribution in [0.5, 0.6) is 11.5 Å². The van der Waals surface area contributed by atoms with Gasteiger partial charge in [-0.2, -0.15) is 5.10 Å². The third-order valence-corrected chi connectivity index (χ3v) is 6.75. The van der Waals surface area contributed by atoms with Crippen LogP contribution in [0.4, 0.5) is 10.1 Å². The lowest BCUT2D eigenvalue weighted by atomic mass is 10.0. The van der Waals surface area contributed by atoms with Crippen LogP contribution in [0, 0.1) is 5.82 Å². The van der Waals surface area contributed by atoms with Crippen molar-refractivity contribution in [2.75, 3.05) is 18.4 Å². The Balaban J connectivity index is 1.11. The second-order valence-corrected chi connectivity index (χ2v) is 9.55. The fourth-order valence-corrected chi connectivity index (χ4v) is 4.57. The van der Waals surface area contributed by atoms with Gasteiger partial charge in [-0.05, 0) is 66.9 Å². The zero-order valence-electron chi connectivity index (χ0n) is 20.5. The van der Waals surface area contributed by atoms with Crippen LogP contribution < -0.4 is 10.1 Å². The molecule has 2 amide bonds. The molecule has 5 rings (SSSR count). The summed E-state index contributed by atoms with van der Waals surface area (Å²) in [5.74, 6) is 0.581. The van der Waals surface area contributed by atoms with E-state index < -0.39 is 5.82 Å². The summed E-state index contributed by atoms with van der Waals surface area (Å²) in [6.07, 6.45) is 4.91. The molecule has 0 spiro atoms. The highest BCUT2D eigenvalue weighted by atomic mass is 35.5. The molecule has 7 nitrogen and oxygen atoms in total. The summed E-state index contributed by atoms with van der Waals surface area (Å²) in [4.78, 5) is 27.2. The van der Waals surface area contributed by atoms with Crippen molar-refractivity contribution < 1.29 is 18.7 Å². The Labute approximate surface area is 224 Å².